The second-order valence-electron chi connectivity index (χ2n) is 3.43. The minimum Gasteiger partial charge on any atom is -0.503 e. The lowest BCUT2D eigenvalue weighted by Gasteiger charge is -2.05. The lowest BCUT2D eigenvalue weighted by atomic mass is 10.1. The molecule has 2 rings (SSSR count). The van der Waals surface area contributed by atoms with Crippen molar-refractivity contribution < 1.29 is 5.11 Å². The van der Waals surface area contributed by atoms with Gasteiger partial charge in [0.2, 0.25) is 0 Å². The molecule has 0 aliphatic heterocycles. The van der Waals surface area contributed by atoms with Crippen molar-refractivity contribution in [2.45, 2.75) is 13.8 Å². The maximum atomic E-state index is 11.3. The Balaban J connectivity index is 3.06. The van der Waals surface area contributed by atoms with E-state index in [1.54, 1.807) is 6.92 Å². The van der Waals surface area contributed by atoms with E-state index in [9.17, 15) is 9.90 Å². The van der Waals surface area contributed by atoms with Crippen molar-refractivity contribution in [3.05, 3.63) is 39.7 Å². The number of hydrogen-bond donors (Lipinski definition) is 2. The molecule has 0 bridgehead atoms. The fourth-order valence-corrected chi connectivity index (χ4v) is 1.62. The number of para-hydroxylation sites is 1. The summed E-state index contributed by atoms with van der Waals surface area (Å²) >= 11 is 0. The Hall–Kier alpha value is -1.77. The molecule has 2 aromatic rings. The Kier molecular flexibility index (Phi) is 1.81. The van der Waals surface area contributed by atoms with Gasteiger partial charge >= 0.3 is 0 Å². The summed E-state index contributed by atoms with van der Waals surface area (Å²) in [4.78, 5) is 14.0. The summed E-state index contributed by atoms with van der Waals surface area (Å²) in [5.74, 6) is -0.192. The number of aromatic hydroxyl groups is 1. The third-order valence-electron chi connectivity index (χ3n) is 2.49. The Bertz CT molecular complexity index is 555. The van der Waals surface area contributed by atoms with Crippen LogP contribution in [0.15, 0.2) is 23.0 Å². The summed E-state index contributed by atoms with van der Waals surface area (Å²) in [5, 5.41) is 10.3. The van der Waals surface area contributed by atoms with Crippen LogP contribution in [0.2, 0.25) is 0 Å². The van der Waals surface area contributed by atoms with Gasteiger partial charge in [-0.05, 0) is 19.4 Å². The molecule has 1 aromatic heterocycles. The van der Waals surface area contributed by atoms with Gasteiger partial charge in [0.25, 0.3) is 5.56 Å². The highest BCUT2D eigenvalue weighted by molar-refractivity contribution is 5.86. The Morgan fingerprint density at radius 3 is 2.71 bits per heavy atom. The molecule has 3 nitrogen and oxygen atoms in total. The number of aromatic nitrogens is 1. The number of H-pyrrole nitrogens is 1. The maximum Gasteiger partial charge on any atom is 0.290 e. The number of benzene rings is 1. The predicted molar refractivity (Wildman–Crippen MR) is 55.7 cm³/mol. The molecule has 3 heteroatoms. The molecule has 0 aliphatic rings. The molecule has 0 fully saturated rings. The average Bonchev–Trinajstić information content (AvgIpc) is 2.17. The molecule has 1 aromatic carbocycles. The lowest BCUT2D eigenvalue weighted by Crippen LogP contribution is -2.07. The van der Waals surface area contributed by atoms with Crippen LogP contribution in [0.3, 0.4) is 0 Å². The van der Waals surface area contributed by atoms with E-state index in [1.165, 1.54) is 0 Å². The molecule has 72 valence electrons. The van der Waals surface area contributed by atoms with Crippen molar-refractivity contribution in [3.8, 4) is 5.75 Å². The van der Waals surface area contributed by atoms with Crippen molar-refractivity contribution in [2.75, 3.05) is 0 Å². The molecule has 0 aliphatic carbocycles. The number of fused-ring (bicyclic) bond motifs is 1. The lowest BCUT2D eigenvalue weighted by molar-refractivity contribution is 0.464. The van der Waals surface area contributed by atoms with E-state index in [2.05, 4.69) is 4.98 Å². The highest BCUT2D eigenvalue weighted by atomic mass is 16.3. The second-order valence-corrected chi connectivity index (χ2v) is 3.43. The van der Waals surface area contributed by atoms with Gasteiger partial charge < -0.3 is 10.1 Å². The van der Waals surface area contributed by atoms with Gasteiger partial charge in [0.1, 0.15) is 0 Å². The van der Waals surface area contributed by atoms with Gasteiger partial charge in [-0.2, -0.15) is 0 Å². The van der Waals surface area contributed by atoms with E-state index < -0.39 is 5.56 Å². The zero-order valence-corrected chi connectivity index (χ0v) is 8.09. The topological polar surface area (TPSA) is 53.1 Å². The van der Waals surface area contributed by atoms with Gasteiger partial charge in [0, 0.05) is 10.9 Å². The molecule has 0 atom stereocenters. The van der Waals surface area contributed by atoms with Gasteiger partial charge in [-0.25, -0.2) is 0 Å². The largest absolute Gasteiger partial charge is 0.503 e. The molecule has 0 radical (unpaired) electrons. The smallest absolute Gasteiger partial charge is 0.290 e. The zero-order chi connectivity index (χ0) is 10.3. The van der Waals surface area contributed by atoms with Crippen LogP contribution in [0.25, 0.3) is 10.9 Å². The molecular weight excluding hydrogens is 178 g/mol. The number of aromatic amines is 1. The normalized spacial score (nSPS) is 10.7. The first kappa shape index (κ1) is 8.81. The number of rotatable bonds is 0. The standard InChI is InChI=1S/C11H11NO2/c1-6-4-3-5-8-7(2)10(13)11(14)12-9(6)8/h3-5,13H,1-2H3,(H,12,14). The van der Waals surface area contributed by atoms with Crippen LogP contribution in [0, 0.1) is 13.8 Å². The van der Waals surface area contributed by atoms with Crippen LogP contribution < -0.4 is 5.56 Å². The minimum atomic E-state index is -0.427. The SMILES string of the molecule is Cc1c(O)c(=O)[nH]c2c(C)cccc12. The van der Waals surface area contributed by atoms with Gasteiger partial charge in [-0.15, -0.1) is 0 Å². The number of aryl methyl sites for hydroxylation is 2. The average molecular weight is 189 g/mol. The van der Waals surface area contributed by atoms with Crippen LogP contribution in [0.4, 0.5) is 0 Å². The Morgan fingerprint density at radius 2 is 2.00 bits per heavy atom. The first-order chi connectivity index (χ1) is 6.61. The van der Waals surface area contributed by atoms with Crippen molar-refractivity contribution >= 4 is 10.9 Å². The maximum absolute atomic E-state index is 11.3. The third-order valence-corrected chi connectivity index (χ3v) is 2.49. The number of hydrogen-bond acceptors (Lipinski definition) is 2. The first-order valence-electron chi connectivity index (χ1n) is 4.42. The quantitative estimate of drug-likeness (QED) is 0.664. The van der Waals surface area contributed by atoms with E-state index >= 15 is 0 Å². The second kappa shape index (κ2) is 2.87. The van der Waals surface area contributed by atoms with E-state index in [0.717, 1.165) is 16.5 Å². The van der Waals surface area contributed by atoms with E-state index in [-0.39, 0.29) is 5.75 Å². The monoisotopic (exact) mass is 189 g/mol. The number of nitrogens with one attached hydrogen (secondary N) is 1. The first-order valence-corrected chi connectivity index (χ1v) is 4.42. The highest BCUT2D eigenvalue weighted by Crippen LogP contribution is 2.22. The van der Waals surface area contributed by atoms with E-state index in [4.69, 9.17) is 0 Å². The van der Waals surface area contributed by atoms with Gasteiger partial charge in [0.05, 0.1) is 5.52 Å². The predicted octanol–water partition coefficient (Wildman–Crippen LogP) is 1.85. The summed E-state index contributed by atoms with van der Waals surface area (Å²) < 4.78 is 0. The molecule has 1 heterocycles. The van der Waals surface area contributed by atoms with Crippen LogP contribution in [0.1, 0.15) is 11.1 Å². The summed E-state index contributed by atoms with van der Waals surface area (Å²) in [7, 11) is 0. The van der Waals surface area contributed by atoms with Crippen molar-refractivity contribution in [1.82, 2.24) is 4.98 Å². The molecule has 0 unspecified atom stereocenters. The molecule has 0 saturated carbocycles. The van der Waals surface area contributed by atoms with Gasteiger partial charge in [-0.1, -0.05) is 18.2 Å². The molecular formula is C11H11NO2. The van der Waals surface area contributed by atoms with Crippen molar-refractivity contribution in [3.63, 3.8) is 0 Å². The molecule has 14 heavy (non-hydrogen) atoms. The zero-order valence-electron chi connectivity index (χ0n) is 8.09. The van der Waals surface area contributed by atoms with Crippen LogP contribution >= 0.6 is 0 Å². The molecule has 2 N–H and O–H groups in total. The Labute approximate surface area is 81.0 Å². The number of pyridine rings is 1. The summed E-state index contributed by atoms with van der Waals surface area (Å²) in [6.07, 6.45) is 0. The Morgan fingerprint density at radius 1 is 1.29 bits per heavy atom. The minimum absolute atomic E-state index is 0.192. The summed E-state index contributed by atoms with van der Waals surface area (Å²) in [6.45, 7) is 3.67. The van der Waals surface area contributed by atoms with Crippen LogP contribution in [0.5, 0.6) is 5.75 Å². The third kappa shape index (κ3) is 1.09. The molecule has 0 amide bonds. The van der Waals surface area contributed by atoms with Crippen LogP contribution in [-0.4, -0.2) is 10.1 Å². The molecule has 0 spiro atoms. The fraction of sp³-hybridized carbons (Fsp3) is 0.182. The summed E-state index contributed by atoms with van der Waals surface area (Å²) in [5.41, 5.74) is 2.01. The van der Waals surface area contributed by atoms with Gasteiger partial charge in [0.15, 0.2) is 5.75 Å². The van der Waals surface area contributed by atoms with Crippen molar-refractivity contribution in [1.29, 1.82) is 0 Å². The van der Waals surface area contributed by atoms with E-state index in [1.807, 2.05) is 25.1 Å². The van der Waals surface area contributed by atoms with Crippen molar-refractivity contribution in [2.24, 2.45) is 0 Å². The highest BCUT2D eigenvalue weighted by Gasteiger charge is 2.07. The van der Waals surface area contributed by atoms with Gasteiger partial charge in [-0.3, -0.25) is 4.79 Å². The van der Waals surface area contributed by atoms with E-state index in [0.29, 0.717) is 5.56 Å². The molecule has 0 saturated heterocycles. The fourth-order valence-electron chi connectivity index (χ4n) is 1.62. The van der Waals surface area contributed by atoms with Crippen LogP contribution in [-0.2, 0) is 0 Å². The summed E-state index contributed by atoms with van der Waals surface area (Å²) in [6, 6.07) is 5.71.